The molecule has 2 atom stereocenters. The molecule has 0 amide bonds. The average Bonchev–Trinajstić information content (AvgIpc) is 1.97. The fourth-order valence-electron chi connectivity index (χ4n) is 1.46. The summed E-state index contributed by atoms with van der Waals surface area (Å²) in [6.07, 6.45) is 5.96. The summed E-state index contributed by atoms with van der Waals surface area (Å²) < 4.78 is 0. The van der Waals surface area contributed by atoms with Crippen molar-refractivity contribution in [2.24, 2.45) is 5.92 Å². The lowest BCUT2D eigenvalue weighted by molar-refractivity contribution is 0.155. The highest BCUT2D eigenvalue weighted by molar-refractivity contribution is 4.60. The van der Waals surface area contributed by atoms with Crippen molar-refractivity contribution in [3.8, 4) is 0 Å². The zero-order chi connectivity index (χ0) is 8.69. The van der Waals surface area contributed by atoms with Gasteiger partial charge in [0.25, 0.3) is 0 Å². The molecule has 1 nitrogen and oxygen atoms in total. The summed E-state index contributed by atoms with van der Waals surface area (Å²) in [6.45, 7) is 6.31. The zero-order valence-electron chi connectivity index (χ0n) is 8.14. The van der Waals surface area contributed by atoms with Crippen LogP contribution in [0.1, 0.15) is 52.9 Å². The van der Waals surface area contributed by atoms with Crippen LogP contribution in [0.5, 0.6) is 0 Å². The minimum atomic E-state index is -0.114. The normalized spacial score (nSPS) is 16.4. The Morgan fingerprint density at radius 1 is 1.27 bits per heavy atom. The second-order valence-electron chi connectivity index (χ2n) is 3.50. The molecule has 0 bridgehead atoms. The Balaban J connectivity index is 3.41. The van der Waals surface area contributed by atoms with Gasteiger partial charge in [0.2, 0.25) is 0 Å². The van der Waals surface area contributed by atoms with E-state index in [4.69, 9.17) is 5.11 Å². The lowest BCUT2D eigenvalue weighted by Gasteiger charge is -2.15. The molecule has 0 rings (SSSR count). The number of aliphatic hydroxyl groups is 1. The van der Waals surface area contributed by atoms with Gasteiger partial charge in [-0.05, 0) is 19.3 Å². The fraction of sp³-hybridized carbons (Fsp3) is 1.00. The number of unbranched alkanes of at least 4 members (excludes halogenated alkanes) is 1. The standard InChI is InChI=1S/C10H22O/c1-4-6-7-10(5-2)8-9(3)11/h9-11H,4-8H2,1-3H3/t9-,10-/m1/s1. The molecule has 0 aromatic carbocycles. The molecule has 1 N–H and O–H groups in total. The van der Waals surface area contributed by atoms with Crippen molar-refractivity contribution >= 4 is 0 Å². The van der Waals surface area contributed by atoms with Gasteiger partial charge in [0.1, 0.15) is 0 Å². The van der Waals surface area contributed by atoms with Crippen LogP contribution < -0.4 is 0 Å². The zero-order valence-corrected chi connectivity index (χ0v) is 8.14. The summed E-state index contributed by atoms with van der Waals surface area (Å²) in [5.74, 6) is 0.745. The Bertz CT molecular complexity index is 78.9. The van der Waals surface area contributed by atoms with Gasteiger partial charge >= 0.3 is 0 Å². The summed E-state index contributed by atoms with van der Waals surface area (Å²) in [5.41, 5.74) is 0. The van der Waals surface area contributed by atoms with Crippen LogP contribution in [-0.2, 0) is 0 Å². The summed E-state index contributed by atoms with van der Waals surface area (Å²) in [7, 11) is 0. The van der Waals surface area contributed by atoms with Gasteiger partial charge in [-0.3, -0.25) is 0 Å². The van der Waals surface area contributed by atoms with E-state index in [0.717, 1.165) is 12.3 Å². The maximum absolute atomic E-state index is 9.15. The van der Waals surface area contributed by atoms with Gasteiger partial charge in [-0.25, -0.2) is 0 Å². The number of rotatable bonds is 6. The third-order valence-electron chi connectivity index (χ3n) is 2.22. The summed E-state index contributed by atoms with van der Waals surface area (Å²) in [4.78, 5) is 0. The molecule has 0 saturated carbocycles. The van der Waals surface area contributed by atoms with Crippen molar-refractivity contribution in [1.82, 2.24) is 0 Å². The van der Waals surface area contributed by atoms with Crippen LogP contribution in [0.15, 0.2) is 0 Å². The Kier molecular flexibility index (Phi) is 6.63. The molecular formula is C10H22O. The van der Waals surface area contributed by atoms with Crippen molar-refractivity contribution in [2.45, 2.75) is 59.0 Å². The van der Waals surface area contributed by atoms with Gasteiger partial charge in [-0.15, -0.1) is 0 Å². The lowest BCUT2D eigenvalue weighted by Crippen LogP contribution is -2.09. The molecule has 0 aromatic heterocycles. The first-order valence-corrected chi connectivity index (χ1v) is 4.88. The van der Waals surface area contributed by atoms with Crippen LogP contribution in [-0.4, -0.2) is 11.2 Å². The maximum atomic E-state index is 9.15. The molecular weight excluding hydrogens is 136 g/mol. The molecule has 0 aromatic rings. The molecule has 0 aliphatic heterocycles. The van der Waals surface area contributed by atoms with E-state index in [1.165, 1.54) is 25.7 Å². The van der Waals surface area contributed by atoms with Crippen molar-refractivity contribution in [1.29, 1.82) is 0 Å². The fourth-order valence-corrected chi connectivity index (χ4v) is 1.46. The monoisotopic (exact) mass is 158 g/mol. The molecule has 0 unspecified atom stereocenters. The third kappa shape index (κ3) is 6.36. The molecule has 0 aliphatic carbocycles. The van der Waals surface area contributed by atoms with Crippen LogP contribution in [0.25, 0.3) is 0 Å². The van der Waals surface area contributed by atoms with Gasteiger partial charge in [0, 0.05) is 0 Å². The molecule has 0 aliphatic rings. The first-order valence-electron chi connectivity index (χ1n) is 4.88. The Labute approximate surface area is 70.8 Å². The van der Waals surface area contributed by atoms with Crippen molar-refractivity contribution in [2.75, 3.05) is 0 Å². The highest BCUT2D eigenvalue weighted by atomic mass is 16.3. The van der Waals surface area contributed by atoms with Crippen molar-refractivity contribution in [3.63, 3.8) is 0 Å². The van der Waals surface area contributed by atoms with E-state index < -0.39 is 0 Å². The van der Waals surface area contributed by atoms with E-state index in [-0.39, 0.29) is 6.10 Å². The Morgan fingerprint density at radius 3 is 2.27 bits per heavy atom. The van der Waals surface area contributed by atoms with Crippen LogP contribution in [0.4, 0.5) is 0 Å². The second kappa shape index (κ2) is 6.66. The van der Waals surface area contributed by atoms with Crippen molar-refractivity contribution in [3.05, 3.63) is 0 Å². The van der Waals surface area contributed by atoms with Crippen LogP contribution in [0, 0.1) is 5.92 Å². The third-order valence-corrected chi connectivity index (χ3v) is 2.22. The average molecular weight is 158 g/mol. The number of aliphatic hydroxyl groups excluding tert-OH is 1. The molecule has 1 heteroatoms. The summed E-state index contributed by atoms with van der Waals surface area (Å²) >= 11 is 0. The molecule has 0 saturated heterocycles. The van der Waals surface area contributed by atoms with Crippen molar-refractivity contribution < 1.29 is 5.11 Å². The van der Waals surface area contributed by atoms with Crippen LogP contribution in [0.2, 0.25) is 0 Å². The minimum absolute atomic E-state index is 0.114. The van der Waals surface area contributed by atoms with Crippen LogP contribution in [0.3, 0.4) is 0 Å². The van der Waals surface area contributed by atoms with E-state index in [2.05, 4.69) is 13.8 Å². The van der Waals surface area contributed by atoms with E-state index in [1.54, 1.807) is 0 Å². The van der Waals surface area contributed by atoms with Crippen LogP contribution >= 0.6 is 0 Å². The quantitative estimate of drug-likeness (QED) is 0.630. The molecule has 0 radical (unpaired) electrons. The molecule has 0 spiro atoms. The smallest absolute Gasteiger partial charge is 0.0514 e. The number of hydrogen-bond acceptors (Lipinski definition) is 1. The highest BCUT2D eigenvalue weighted by Crippen LogP contribution is 2.17. The topological polar surface area (TPSA) is 20.2 Å². The van der Waals surface area contributed by atoms with Gasteiger partial charge in [-0.1, -0.05) is 39.5 Å². The summed E-state index contributed by atoms with van der Waals surface area (Å²) in [5, 5.41) is 9.15. The predicted octanol–water partition coefficient (Wildman–Crippen LogP) is 2.97. The first-order chi connectivity index (χ1) is 5.20. The van der Waals surface area contributed by atoms with Gasteiger partial charge in [-0.2, -0.15) is 0 Å². The minimum Gasteiger partial charge on any atom is -0.393 e. The number of hydrogen-bond donors (Lipinski definition) is 1. The maximum Gasteiger partial charge on any atom is 0.0514 e. The molecule has 11 heavy (non-hydrogen) atoms. The first kappa shape index (κ1) is 11.0. The Morgan fingerprint density at radius 2 is 1.91 bits per heavy atom. The van der Waals surface area contributed by atoms with Gasteiger partial charge in [0.15, 0.2) is 0 Å². The highest BCUT2D eigenvalue weighted by Gasteiger charge is 2.08. The van der Waals surface area contributed by atoms with E-state index >= 15 is 0 Å². The molecule has 68 valence electrons. The molecule has 0 heterocycles. The van der Waals surface area contributed by atoms with Gasteiger partial charge in [0.05, 0.1) is 6.10 Å². The predicted molar refractivity (Wildman–Crippen MR) is 49.6 cm³/mol. The van der Waals surface area contributed by atoms with E-state index in [1.807, 2.05) is 6.92 Å². The second-order valence-corrected chi connectivity index (χ2v) is 3.50. The summed E-state index contributed by atoms with van der Waals surface area (Å²) in [6, 6.07) is 0. The van der Waals surface area contributed by atoms with E-state index in [9.17, 15) is 0 Å². The largest absolute Gasteiger partial charge is 0.393 e. The SMILES string of the molecule is CCCC[C@@H](CC)C[C@@H](C)O. The molecule has 0 fully saturated rings. The van der Waals surface area contributed by atoms with Gasteiger partial charge < -0.3 is 5.11 Å². The van der Waals surface area contributed by atoms with E-state index in [0.29, 0.717) is 0 Å². The Hall–Kier alpha value is -0.0400. The lowest BCUT2D eigenvalue weighted by atomic mass is 9.94.